The molecule has 3 unspecified atom stereocenters. The average molecular weight is 245 g/mol. The SMILES string of the molecule is c1cn(C2CCCC2)c(NC2CC3CCC2C3)n1. The van der Waals surface area contributed by atoms with Gasteiger partial charge in [-0.15, -0.1) is 0 Å². The Morgan fingerprint density at radius 2 is 2.00 bits per heavy atom. The fraction of sp³-hybridized carbons (Fsp3) is 0.800. The van der Waals surface area contributed by atoms with Gasteiger partial charge in [-0.25, -0.2) is 4.98 Å². The minimum atomic E-state index is 0.700. The maximum absolute atomic E-state index is 4.56. The van der Waals surface area contributed by atoms with E-state index in [2.05, 4.69) is 21.1 Å². The summed E-state index contributed by atoms with van der Waals surface area (Å²) in [6.45, 7) is 0. The summed E-state index contributed by atoms with van der Waals surface area (Å²) in [5.41, 5.74) is 0. The van der Waals surface area contributed by atoms with Crippen LogP contribution in [0.5, 0.6) is 0 Å². The summed E-state index contributed by atoms with van der Waals surface area (Å²) < 4.78 is 2.40. The molecule has 3 aliphatic rings. The third kappa shape index (κ3) is 1.75. The molecule has 1 N–H and O–H groups in total. The maximum Gasteiger partial charge on any atom is 0.203 e. The van der Waals surface area contributed by atoms with E-state index in [0.29, 0.717) is 12.1 Å². The van der Waals surface area contributed by atoms with Crippen LogP contribution in [0.15, 0.2) is 12.4 Å². The van der Waals surface area contributed by atoms with Gasteiger partial charge in [0.05, 0.1) is 0 Å². The lowest BCUT2D eigenvalue weighted by Gasteiger charge is -2.25. The van der Waals surface area contributed by atoms with E-state index in [1.54, 1.807) is 0 Å². The number of nitrogens with zero attached hydrogens (tertiary/aromatic N) is 2. The second-order valence-corrected chi connectivity index (χ2v) is 6.52. The van der Waals surface area contributed by atoms with Crippen LogP contribution in [0.25, 0.3) is 0 Å². The van der Waals surface area contributed by atoms with Gasteiger partial charge in [-0.05, 0) is 43.9 Å². The van der Waals surface area contributed by atoms with Crippen molar-refractivity contribution in [1.82, 2.24) is 9.55 Å². The molecule has 3 nitrogen and oxygen atoms in total. The molecular weight excluding hydrogens is 222 g/mol. The van der Waals surface area contributed by atoms with Crippen LogP contribution in [-0.4, -0.2) is 15.6 Å². The van der Waals surface area contributed by atoms with Gasteiger partial charge < -0.3 is 9.88 Å². The highest BCUT2D eigenvalue weighted by Crippen LogP contribution is 2.45. The zero-order valence-electron chi connectivity index (χ0n) is 11.0. The molecule has 3 aliphatic carbocycles. The van der Waals surface area contributed by atoms with E-state index in [0.717, 1.165) is 17.8 Å². The first kappa shape index (κ1) is 10.9. The van der Waals surface area contributed by atoms with Crippen molar-refractivity contribution in [3.8, 4) is 0 Å². The van der Waals surface area contributed by atoms with Gasteiger partial charge >= 0.3 is 0 Å². The van der Waals surface area contributed by atoms with Crippen LogP contribution in [0.1, 0.15) is 57.4 Å². The van der Waals surface area contributed by atoms with Gasteiger partial charge in [0.15, 0.2) is 0 Å². The van der Waals surface area contributed by atoms with Gasteiger partial charge in [-0.3, -0.25) is 0 Å². The van der Waals surface area contributed by atoms with Crippen molar-refractivity contribution in [2.75, 3.05) is 5.32 Å². The number of nitrogens with one attached hydrogen (secondary N) is 1. The largest absolute Gasteiger partial charge is 0.353 e. The summed E-state index contributed by atoms with van der Waals surface area (Å²) in [5.74, 6) is 3.06. The molecule has 0 amide bonds. The van der Waals surface area contributed by atoms with Crippen LogP contribution in [0.2, 0.25) is 0 Å². The molecule has 1 heterocycles. The van der Waals surface area contributed by atoms with Gasteiger partial charge in [-0.2, -0.15) is 0 Å². The lowest BCUT2D eigenvalue weighted by molar-refractivity contribution is 0.432. The van der Waals surface area contributed by atoms with Crippen LogP contribution >= 0.6 is 0 Å². The van der Waals surface area contributed by atoms with E-state index in [1.807, 2.05) is 6.20 Å². The lowest BCUT2D eigenvalue weighted by atomic mass is 9.95. The molecule has 98 valence electrons. The number of hydrogen-bond acceptors (Lipinski definition) is 2. The molecule has 18 heavy (non-hydrogen) atoms. The van der Waals surface area contributed by atoms with Crippen LogP contribution < -0.4 is 5.32 Å². The van der Waals surface area contributed by atoms with Crippen LogP contribution in [0.3, 0.4) is 0 Å². The van der Waals surface area contributed by atoms with Gasteiger partial charge in [0.1, 0.15) is 0 Å². The highest BCUT2D eigenvalue weighted by Gasteiger charge is 2.40. The molecule has 4 rings (SSSR count). The fourth-order valence-electron chi connectivity index (χ4n) is 4.49. The van der Waals surface area contributed by atoms with Gasteiger partial charge in [0, 0.05) is 24.5 Å². The Kier molecular flexibility index (Phi) is 2.59. The third-order valence-corrected chi connectivity index (χ3v) is 5.44. The summed E-state index contributed by atoms with van der Waals surface area (Å²) in [6, 6.07) is 1.40. The Labute approximate surface area is 109 Å². The van der Waals surface area contributed by atoms with Gasteiger partial charge in [0.25, 0.3) is 0 Å². The second-order valence-electron chi connectivity index (χ2n) is 6.52. The average Bonchev–Trinajstić information content (AvgIpc) is 3.14. The van der Waals surface area contributed by atoms with Crippen LogP contribution in [-0.2, 0) is 0 Å². The topological polar surface area (TPSA) is 29.9 Å². The predicted octanol–water partition coefficient (Wildman–Crippen LogP) is 3.60. The molecule has 0 saturated heterocycles. The number of aromatic nitrogens is 2. The summed E-state index contributed by atoms with van der Waals surface area (Å²) in [5, 5.41) is 3.75. The number of imidazole rings is 1. The van der Waals surface area contributed by atoms with E-state index >= 15 is 0 Å². The standard InChI is InChI=1S/C15H23N3/c1-2-4-13(3-1)18-8-7-16-15(18)17-14-10-11-5-6-12(14)9-11/h7-8,11-14H,1-6,9-10H2,(H,16,17). The minimum absolute atomic E-state index is 0.700. The first-order chi connectivity index (χ1) is 8.90. The zero-order chi connectivity index (χ0) is 11.9. The molecule has 3 saturated carbocycles. The molecule has 2 bridgehead atoms. The summed E-state index contributed by atoms with van der Waals surface area (Å²) in [6.07, 6.45) is 15.3. The molecule has 3 atom stereocenters. The Morgan fingerprint density at radius 3 is 2.72 bits per heavy atom. The highest BCUT2D eigenvalue weighted by molar-refractivity contribution is 5.30. The Bertz CT molecular complexity index is 419. The number of rotatable bonds is 3. The summed E-state index contributed by atoms with van der Waals surface area (Å²) in [7, 11) is 0. The number of hydrogen-bond donors (Lipinski definition) is 1. The predicted molar refractivity (Wildman–Crippen MR) is 72.6 cm³/mol. The second kappa shape index (κ2) is 4.29. The molecule has 3 fully saturated rings. The van der Waals surface area contributed by atoms with Crippen LogP contribution in [0.4, 0.5) is 5.95 Å². The number of anilines is 1. The van der Waals surface area contributed by atoms with Crippen molar-refractivity contribution in [3.63, 3.8) is 0 Å². The van der Waals surface area contributed by atoms with E-state index in [1.165, 1.54) is 51.4 Å². The highest BCUT2D eigenvalue weighted by atomic mass is 15.2. The molecule has 0 radical (unpaired) electrons. The molecule has 0 aliphatic heterocycles. The Balaban J connectivity index is 1.49. The van der Waals surface area contributed by atoms with Crippen molar-refractivity contribution in [3.05, 3.63) is 12.4 Å². The van der Waals surface area contributed by atoms with E-state index in [4.69, 9.17) is 0 Å². The first-order valence-corrected chi connectivity index (χ1v) is 7.69. The molecule has 1 aromatic rings. The Hall–Kier alpha value is -0.990. The Morgan fingerprint density at radius 1 is 1.11 bits per heavy atom. The normalized spacial score (nSPS) is 35.4. The lowest BCUT2D eigenvalue weighted by Crippen LogP contribution is -2.28. The van der Waals surface area contributed by atoms with E-state index in [9.17, 15) is 0 Å². The minimum Gasteiger partial charge on any atom is -0.353 e. The van der Waals surface area contributed by atoms with E-state index in [-0.39, 0.29) is 0 Å². The van der Waals surface area contributed by atoms with Gasteiger partial charge in [-0.1, -0.05) is 19.3 Å². The molecule has 3 heteroatoms. The van der Waals surface area contributed by atoms with Crippen molar-refractivity contribution in [2.45, 2.75) is 63.5 Å². The number of fused-ring (bicyclic) bond motifs is 2. The quantitative estimate of drug-likeness (QED) is 0.881. The van der Waals surface area contributed by atoms with Crippen molar-refractivity contribution in [1.29, 1.82) is 0 Å². The zero-order valence-corrected chi connectivity index (χ0v) is 11.0. The molecule has 1 aromatic heterocycles. The summed E-state index contributed by atoms with van der Waals surface area (Å²) in [4.78, 5) is 4.56. The molecule has 0 spiro atoms. The molecular formula is C15H23N3. The van der Waals surface area contributed by atoms with Crippen molar-refractivity contribution >= 4 is 5.95 Å². The molecule has 0 aromatic carbocycles. The third-order valence-electron chi connectivity index (χ3n) is 5.44. The van der Waals surface area contributed by atoms with Gasteiger partial charge in [0.2, 0.25) is 5.95 Å². The van der Waals surface area contributed by atoms with E-state index < -0.39 is 0 Å². The maximum atomic E-state index is 4.56. The van der Waals surface area contributed by atoms with Crippen molar-refractivity contribution in [2.24, 2.45) is 11.8 Å². The smallest absolute Gasteiger partial charge is 0.203 e. The first-order valence-electron chi connectivity index (χ1n) is 7.69. The fourth-order valence-corrected chi connectivity index (χ4v) is 4.49. The monoisotopic (exact) mass is 245 g/mol. The van der Waals surface area contributed by atoms with Crippen LogP contribution in [0, 0.1) is 11.8 Å². The van der Waals surface area contributed by atoms with Crippen molar-refractivity contribution < 1.29 is 0 Å². The summed E-state index contributed by atoms with van der Waals surface area (Å²) >= 11 is 0.